The second-order valence-electron chi connectivity index (χ2n) is 6.23. The molecule has 1 aliphatic rings. The van der Waals surface area contributed by atoms with Crippen LogP contribution in [0.15, 0.2) is 11.1 Å². The van der Waals surface area contributed by atoms with Gasteiger partial charge in [-0.05, 0) is 38.5 Å². The molecule has 1 aliphatic heterocycles. The molecule has 1 fully saturated rings. The number of allylic oxidation sites excluding steroid dienone is 1. The first-order valence-electron chi connectivity index (χ1n) is 7.17. The van der Waals surface area contributed by atoms with Gasteiger partial charge in [-0.25, -0.2) is 0 Å². The van der Waals surface area contributed by atoms with Gasteiger partial charge in [0, 0.05) is 18.7 Å². The zero-order chi connectivity index (χ0) is 14.5. The van der Waals surface area contributed by atoms with Crippen molar-refractivity contribution >= 4 is 5.91 Å². The molecule has 1 saturated heterocycles. The molecule has 2 heteroatoms. The van der Waals surface area contributed by atoms with Crippen LogP contribution in [0.2, 0.25) is 0 Å². The van der Waals surface area contributed by atoms with Crippen molar-refractivity contribution in [3.05, 3.63) is 11.1 Å². The monoisotopic (exact) mass is 253 g/mol. The molecule has 106 valence electrons. The highest BCUT2D eigenvalue weighted by Crippen LogP contribution is 2.34. The first-order chi connectivity index (χ1) is 8.23. The Kier molecular flexibility index (Phi) is 6.66. The Morgan fingerprint density at radius 2 is 1.61 bits per heavy atom. The second-order valence-corrected chi connectivity index (χ2v) is 6.23. The Hall–Kier alpha value is -0.790. The molecule has 1 atom stereocenters. The summed E-state index contributed by atoms with van der Waals surface area (Å²) in [7, 11) is 0. The van der Waals surface area contributed by atoms with Crippen molar-refractivity contribution in [3.63, 3.8) is 0 Å². The fourth-order valence-electron chi connectivity index (χ4n) is 2.10. The molecule has 0 aromatic carbocycles. The van der Waals surface area contributed by atoms with E-state index in [9.17, 15) is 4.79 Å². The van der Waals surface area contributed by atoms with Crippen molar-refractivity contribution in [1.29, 1.82) is 0 Å². The van der Waals surface area contributed by atoms with E-state index >= 15 is 0 Å². The van der Waals surface area contributed by atoms with Gasteiger partial charge >= 0.3 is 0 Å². The molecule has 1 heterocycles. The molecule has 1 rings (SSSR count). The lowest BCUT2D eigenvalue weighted by Crippen LogP contribution is -2.31. The average Bonchev–Trinajstić information content (AvgIpc) is 2.78. The maximum absolute atomic E-state index is 12.1. The Morgan fingerprint density at radius 1 is 1.11 bits per heavy atom. The van der Waals surface area contributed by atoms with Crippen molar-refractivity contribution in [2.45, 2.75) is 61.8 Å². The van der Waals surface area contributed by atoms with Gasteiger partial charge in [-0.2, -0.15) is 0 Å². The number of hydrogen-bond acceptors (Lipinski definition) is 1. The highest BCUT2D eigenvalue weighted by Gasteiger charge is 2.34. The van der Waals surface area contributed by atoms with Gasteiger partial charge in [-0.1, -0.05) is 40.2 Å². The molecule has 0 bridgehead atoms. The summed E-state index contributed by atoms with van der Waals surface area (Å²) < 4.78 is 0. The topological polar surface area (TPSA) is 20.3 Å². The van der Waals surface area contributed by atoms with Crippen LogP contribution in [0.3, 0.4) is 0 Å². The number of carbonyl (C=O) groups is 1. The Labute approximate surface area is 113 Å². The molecular formula is C16H31NO. The third-order valence-electron chi connectivity index (χ3n) is 3.77. The summed E-state index contributed by atoms with van der Waals surface area (Å²) in [4.78, 5) is 14.1. The standard InChI is InChI=1S/C14H25NO.C2H6/c1-10(2)11(3)13(16)15-8-7-12(9-15)14(4,5)6;1-2/h12H,7-9H2,1-6H3;1-2H3. The van der Waals surface area contributed by atoms with Crippen LogP contribution in [-0.4, -0.2) is 23.9 Å². The fourth-order valence-corrected chi connectivity index (χ4v) is 2.10. The van der Waals surface area contributed by atoms with E-state index in [1.807, 2.05) is 39.5 Å². The van der Waals surface area contributed by atoms with E-state index in [0.29, 0.717) is 11.3 Å². The lowest BCUT2D eigenvalue weighted by atomic mass is 9.80. The summed E-state index contributed by atoms with van der Waals surface area (Å²) in [6.45, 7) is 18.6. The predicted octanol–water partition coefficient (Wildman–Crippen LogP) is 4.26. The van der Waals surface area contributed by atoms with Crippen LogP contribution in [0.5, 0.6) is 0 Å². The zero-order valence-electron chi connectivity index (χ0n) is 13.6. The number of likely N-dealkylation sites (tertiary alicyclic amines) is 1. The summed E-state index contributed by atoms with van der Waals surface area (Å²) in [5, 5.41) is 0. The molecule has 0 aliphatic carbocycles. The van der Waals surface area contributed by atoms with Crippen LogP contribution in [0.25, 0.3) is 0 Å². The Balaban J connectivity index is 0.00000137. The smallest absolute Gasteiger partial charge is 0.249 e. The zero-order valence-corrected chi connectivity index (χ0v) is 13.6. The van der Waals surface area contributed by atoms with Crippen molar-refractivity contribution in [2.75, 3.05) is 13.1 Å². The molecule has 18 heavy (non-hydrogen) atoms. The quantitative estimate of drug-likeness (QED) is 0.639. The van der Waals surface area contributed by atoms with Gasteiger partial charge in [-0.15, -0.1) is 0 Å². The molecule has 0 spiro atoms. The Bertz CT molecular complexity index is 306. The third kappa shape index (κ3) is 4.47. The second kappa shape index (κ2) is 6.96. The summed E-state index contributed by atoms with van der Waals surface area (Å²) in [6.07, 6.45) is 1.14. The van der Waals surface area contributed by atoms with Crippen LogP contribution in [0.4, 0.5) is 0 Å². The fraction of sp³-hybridized carbons (Fsp3) is 0.812. The number of hydrogen-bond donors (Lipinski definition) is 0. The van der Waals surface area contributed by atoms with Crippen LogP contribution in [0, 0.1) is 11.3 Å². The summed E-state index contributed by atoms with van der Waals surface area (Å²) >= 11 is 0. The van der Waals surface area contributed by atoms with Crippen molar-refractivity contribution in [3.8, 4) is 0 Å². The number of nitrogens with zero attached hydrogens (tertiary/aromatic N) is 1. The highest BCUT2D eigenvalue weighted by atomic mass is 16.2. The van der Waals surface area contributed by atoms with Crippen LogP contribution in [-0.2, 0) is 4.79 Å². The van der Waals surface area contributed by atoms with Gasteiger partial charge in [0.05, 0.1) is 0 Å². The summed E-state index contributed by atoms with van der Waals surface area (Å²) in [6, 6.07) is 0. The van der Waals surface area contributed by atoms with Crippen molar-refractivity contribution < 1.29 is 4.79 Å². The van der Waals surface area contributed by atoms with E-state index in [1.165, 1.54) is 0 Å². The largest absolute Gasteiger partial charge is 0.339 e. The van der Waals surface area contributed by atoms with Gasteiger partial charge in [-0.3, -0.25) is 4.79 Å². The van der Waals surface area contributed by atoms with Crippen LogP contribution in [0.1, 0.15) is 61.8 Å². The molecule has 0 saturated carbocycles. The first-order valence-corrected chi connectivity index (χ1v) is 7.17. The van der Waals surface area contributed by atoms with E-state index in [4.69, 9.17) is 0 Å². The third-order valence-corrected chi connectivity index (χ3v) is 3.77. The van der Waals surface area contributed by atoms with Gasteiger partial charge in [0.15, 0.2) is 0 Å². The van der Waals surface area contributed by atoms with Gasteiger partial charge in [0.2, 0.25) is 5.91 Å². The predicted molar refractivity (Wildman–Crippen MR) is 79.5 cm³/mol. The highest BCUT2D eigenvalue weighted by molar-refractivity contribution is 5.93. The van der Waals surface area contributed by atoms with E-state index in [-0.39, 0.29) is 5.91 Å². The minimum Gasteiger partial charge on any atom is -0.339 e. The van der Waals surface area contributed by atoms with Crippen molar-refractivity contribution in [2.24, 2.45) is 11.3 Å². The SMILES string of the molecule is CC.CC(C)=C(C)C(=O)N1CCC(C(C)(C)C)C1. The molecule has 1 unspecified atom stereocenters. The van der Waals surface area contributed by atoms with Crippen LogP contribution < -0.4 is 0 Å². The lowest BCUT2D eigenvalue weighted by molar-refractivity contribution is -0.126. The number of rotatable bonds is 1. The Morgan fingerprint density at radius 3 is 1.94 bits per heavy atom. The number of carbonyl (C=O) groups excluding carboxylic acids is 1. The van der Waals surface area contributed by atoms with Gasteiger partial charge in [0.25, 0.3) is 0 Å². The minimum atomic E-state index is 0.228. The lowest BCUT2D eigenvalue weighted by Gasteiger charge is -2.27. The average molecular weight is 253 g/mol. The van der Waals surface area contributed by atoms with E-state index in [0.717, 1.165) is 30.7 Å². The molecule has 1 amide bonds. The summed E-state index contributed by atoms with van der Waals surface area (Å²) in [5.41, 5.74) is 2.35. The first kappa shape index (κ1) is 17.2. The number of amides is 1. The van der Waals surface area contributed by atoms with Gasteiger partial charge in [0.1, 0.15) is 0 Å². The van der Waals surface area contributed by atoms with E-state index in [2.05, 4.69) is 20.8 Å². The van der Waals surface area contributed by atoms with Crippen molar-refractivity contribution in [1.82, 2.24) is 4.90 Å². The summed E-state index contributed by atoms with van der Waals surface area (Å²) in [5.74, 6) is 0.869. The normalized spacial score (nSPS) is 19.1. The maximum atomic E-state index is 12.1. The molecular weight excluding hydrogens is 222 g/mol. The molecule has 0 N–H and O–H groups in total. The molecule has 0 radical (unpaired) electrons. The molecule has 0 aromatic heterocycles. The molecule has 2 nitrogen and oxygen atoms in total. The van der Waals surface area contributed by atoms with Gasteiger partial charge < -0.3 is 4.90 Å². The van der Waals surface area contributed by atoms with E-state index in [1.54, 1.807) is 0 Å². The molecule has 0 aromatic rings. The minimum absolute atomic E-state index is 0.228. The van der Waals surface area contributed by atoms with Crippen LogP contribution >= 0.6 is 0 Å². The van der Waals surface area contributed by atoms with E-state index < -0.39 is 0 Å². The maximum Gasteiger partial charge on any atom is 0.249 e.